The second-order valence-corrected chi connectivity index (χ2v) is 5.08. The number of rotatable bonds is 4. The van der Waals surface area contributed by atoms with Crippen LogP contribution in [0.2, 0.25) is 0 Å². The summed E-state index contributed by atoms with van der Waals surface area (Å²) < 4.78 is 0. The van der Waals surface area contributed by atoms with E-state index in [1.807, 2.05) is 24.3 Å². The molecule has 2 amide bonds. The maximum absolute atomic E-state index is 12.1. The summed E-state index contributed by atoms with van der Waals surface area (Å²) in [5, 5.41) is 6.15. The van der Waals surface area contributed by atoms with Gasteiger partial charge >= 0.3 is 0 Å². The van der Waals surface area contributed by atoms with Crippen LogP contribution in [0.3, 0.4) is 0 Å². The Hall–Kier alpha value is -1.88. The van der Waals surface area contributed by atoms with Gasteiger partial charge in [-0.25, -0.2) is 0 Å². The zero-order valence-corrected chi connectivity index (χ0v) is 10.7. The van der Waals surface area contributed by atoms with Crippen molar-refractivity contribution in [3.63, 3.8) is 0 Å². The molecule has 0 aromatic heterocycles. The number of benzene rings is 1. The molecule has 0 unspecified atom stereocenters. The molecule has 100 valence electrons. The fraction of sp³-hybridized carbons (Fsp3) is 0.429. The van der Waals surface area contributed by atoms with Crippen LogP contribution < -0.4 is 10.6 Å². The van der Waals surface area contributed by atoms with Gasteiger partial charge in [-0.15, -0.1) is 0 Å². The van der Waals surface area contributed by atoms with Crippen LogP contribution in [0.15, 0.2) is 24.3 Å². The zero-order chi connectivity index (χ0) is 13.2. The largest absolute Gasteiger partial charge is 0.352 e. The van der Waals surface area contributed by atoms with Crippen LogP contribution in [0, 0.1) is 0 Å². The lowest BCUT2D eigenvalue weighted by molar-refractivity contribution is -0.119. The van der Waals surface area contributed by atoms with Crippen LogP contribution in [0.4, 0.5) is 0 Å². The molecule has 0 radical (unpaired) electrons. The van der Waals surface area contributed by atoms with Gasteiger partial charge in [0.2, 0.25) is 5.91 Å². The van der Waals surface area contributed by atoms with Gasteiger partial charge in [0.1, 0.15) is 0 Å². The van der Waals surface area contributed by atoms with Crippen molar-refractivity contribution in [3.8, 4) is 0 Å². The first-order valence-corrected chi connectivity index (χ1v) is 6.61. The lowest BCUT2D eigenvalue weighted by Gasteiger charge is -2.18. The lowest BCUT2D eigenvalue weighted by Crippen LogP contribution is -2.41. The fourth-order valence-electron chi connectivity index (χ4n) is 2.65. The average molecular weight is 259 g/mol. The van der Waals surface area contributed by atoms with Gasteiger partial charge in [0.25, 0.3) is 5.91 Å². The molecule has 1 atom stereocenters. The molecule has 5 nitrogen and oxygen atoms in total. The SMILES string of the molecule is O=C1CC[C@@H](CNCN2Cc3ccccc3C2=O)N1. The number of nitrogens with one attached hydrogen (secondary N) is 2. The molecule has 5 heteroatoms. The minimum Gasteiger partial charge on any atom is -0.352 e. The summed E-state index contributed by atoms with van der Waals surface area (Å²) in [6.45, 7) is 1.91. The van der Waals surface area contributed by atoms with Crippen molar-refractivity contribution in [3.05, 3.63) is 35.4 Å². The first-order chi connectivity index (χ1) is 9.24. The number of nitrogens with zero attached hydrogens (tertiary/aromatic N) is 1. The number of carbonyl (C=O) groups excluding carboxylic acids is 2. The Kier molecular flexibility index (Phi) is 3.21. The van der Waals surface area contributed by atoms with Crippen molar-refractivity contribution in [2.24, 2.45) is 0 Å². The molecular formula is C14H17N3O2. The van der Waals surface area contributed by atoms with Gasteiger partial charge in [0.15, 0.2) is 0 Å². The van der Waals surface area contributed by atoms with Crippen LogP contribution in [0.5, 0.6) is 0 Å². The van der Waals surface area contributed by atoms with E-state index in [1.165, 1.54) is 0 Å². The monoisotopic (exact) mass is 259 g/mol. The lowest BCUT2D eigenvalue weighted by atomic mass is 10.1. The fourth-order valence-corrected chi connectivity index (χ4v) is 2.65. The van der Waals surface area contributed by atoms with E-state index in [1.54, 1.807) is 4.90 Å². The van der Waals surface area contributed by atoms with E-state index in [4.69, 9.17) is 0 Å². The summed E-state index contributed by atoms with van der Waals surface area (Å²) >= 11 is 0. The van der Waals surface area contributed by atoms with E-state index in [9.17, 15) is 9.59 Å². The Morgan fingerprint density at radius 1 is 1.32 bits per heavy atom. The highest BCUT2D eigenvalue weighted by Gasteiger charge is 2.26. The summed E-state index contributed by atoms with van der Waals surface area (Å²) in [5.74, 6) is 0.204. The van der Waals surface area contributed by atoms with Crippen LogP contribution in [0.1, 0.15) is 28.8 Å². The number of fused-ring (bicyclic) bond motifs is 1. The molecule has 19 heavy (non-hydrogen) atoms. The average Bonchev–Trinajstić information content (AvgIpc) is 2.96. The first-order valence-electron chi connectivity index (χ1n) is 6.61. The molecule has 2 heterocycles. The van der Waals surface area contributed by atoms with Crippen molar-refractivity contribution in [2.45, 2.75) is 25.4 Å². The second-order valence-electron chi connectivity index (χ2n) is 5.08. The molecule has 1 fully saturated rings. The number of amides is 2. The number of hydrogen-bond donors (Lipinski definition) is 2. The maximum atomic E-state index is 12.1. The summed E-state index contributed by atoms with van der Waals surface area (Å²) in [7, 11) is 0. The van der Waals surface area contributed by atoms with E-state index < -0.39 is 0 Å². The molecule has 2 aliphatic heterocycles. The first kappa shape index (κ1) is 12.2. The summed E-state index contributed by atoms with van der Waals surface area (Å²) in [6, 6.07) is 7.91. The normalized spacial score (nSPS) is 21.7. The standard InChI is InChI=1S/C14H17N3O2/c18-13-6-5-11(16-13)7-15-9-17-8-10-3-1-2-4-12(10)14(17)19/h1-4,11,15H,5-9H2,(H,16,18)/t11-/m0/s1. The molecule has 2 aliphatic rings. The summed E-state index contributed by atoms with van der Waals surface area (Å²) in [5.41, 5.74) is 1.89. The van der Waals surface area contributed by atoms with Gasteiger partial charge in [0.05, 0.1) is 6.67 Å². The zero-order valence-electron chi connectivity index (χ0n) is 10.7. The molecule has 0 bridgehead atoms. The van der Waals surface area contributed by atoms with Crippen molar-refractivity contribution in [1.29, 1.82) is 0 Å². The third kappa shape index (κ3) is 2.46. The van der Waals surface area contributed by atoms with E-state index >= 15 is 0 Å². The van der Waals surface area contributed by atoms with Crippen LogP contribution in [-0.2, 0) is 11.3 Å². The molecule has 2 N–H and O–H groups in total. The molecule has 1 saturated heterocycles. The second kappa shape index (κ2) is 5.01. The molecule has 3 rings (SSSR count). The molecule has 0 saturated carbocycles. The van der Waals surface area contributed by atoms with Gasteiger partial charge in [-0.2, -0.15) is 0 Å². The van der Waals surface area contributed by atoms with Crippen LogP contribution >= 0.6 is 0 Å². The van der Waals surface area contributed by atoms with Crippen LogP contribution in [-0.4, -0.2) is 36.0 Å². The minimum atomic E-state index is 0.0820. The van der Waals surface area contributed by atoms with Gasteiger partial charge in [-0.1, -0.05) is 18.2 Å². The third-order valence-corrected chi connectivity index (χ3v) is 3.67. The predicted octanol–water partition coefficient (Wildman–Crippen LogP) is 0.468. The minimum absolute atomic E-state index is 0.0820. The van der Waals surface area contributed by atoms with Gasteiger partial charge in [-0.3, -0.25) is 14.9 Å². The predicted molar refractivity (Wildman–Crippen MR) is 70.3 cm³/mol. The van der Waals surface area contributed by atoms with Gasteiger partial charge in [0, 0.05) is 31.1 Å². The van der Waals surface area contributed by atoms with E-state index in [0.717, 1.165) is 17.5 Å². The van der Waals surface area contributed by atoms with Gasteiger partial charge < -0.3 is 10.2 Å². The molecule has 1 aromatic carbocycles. The molecule has 0 aliphatic carbocycles. The van der Waals surface area contributed by atoms with E-state index in [0.29, 0.717) is 26.2 Å². The quantitative estimate of drug-likeness (QED) is 0.826. The highest BCUT2D eigenvalue weighted by Crippen LogP contribution is 2.21. The topological polar surface area (TPSA) is 61.4 Å². The van der Waals surface area contributed by atoms with Gasteiger partial charge in [-0.05, 0) is 18.1 Å². The number of hydrogen-bond acceptors (Lipinski definition) is 3. The highest BCUT2D eigenvalue weighted by atomic mass is 16.2. The van der Waals surface area contributed by atoms with E-state index in [-0.39, 0.29) is 17.9 Å². The molecule has 1 aromatic rings. The maximum Gasteiger partial charge on any atom is 0.255 e. The number of carbonyl (C=O) groups is 2. The van der Waals surface area contributed by atoms with Crippen molar-refractivity contribution in [1.82, 2.24) is 15.5 Å². The Labute approximate surface area is 112 Å². The molecule has 0 spiro atoms. The van der Waals surface area contributed by atoms with Crippen LogP contribution in [0.25, 0.3) is 0 Å². The van der Waals surface area contributed by atoms with E-state index in [2.05, 4.69) is 10.6 Å². The van der Waals surface area contributed by atoms with Crippen molar-refractivity contribution >= 4 is 11.8 Å². The summed E-state index contributed by atoms with van der Waals surface area (Å²) in [6.07, 6.45) is 1.49. The Bertz CT molecular complexity index is 515. The Morgan fingerprint density at radius 3 is 2.89 bits per heavy atom. The van der Waals surface area contributed by atoms with Crippen molar-refractivity contribution < 1.29 is 9.59 Å². The van der Waals surface area contributed by atoms with Crippen molar-refractivity contribution in [2.75, 3.05) is 13.2 Å². The third-order valence-electron chi connectivity index (χ3n) is 3.67. The Balaban J connectivity index is 1.50. The molecular weight excluding hydrogens is 242 g/mol. The summed E-state index contributed by atoms with van der Waals surface area (Å²) in [4.78, 5) is 25.0. The Morgan fingerprint density at radius 2 is 2.16 bits per heavy atom. The smallest absolute Gasteiger partial charge is 0.255 e. The highest BCUT2D eigenvalue weighted by molar-refractivity contribution is 5.98.